The van der Waals surface area contributed by atoms with Gasteiger partial charge in [-0.25, -0.2) is 5.01 Å². The summed E-state index contributed by atoms with van der Waals surface area (Å²) in [5.74, 6) is 0. The van der Waals surface area contributed by atoms with E-state index < -0.39 is 22.4 Å². The Kier molecular flexibility index (Phi) is 4.12. The van der Waals surface area contributed by atoms with E-state index >= 15 is 0 Å². The predicted octanol–water partition coefficient (Wildman–Crippen LogP) is 3.43. The number of halogens is 3. The molecule has 0 aliphatic carbocycles. The van der Waals surface area contributed by atoms with Crippen molar-refractivity contribution in [3.63, 3.8) is 0 Å². The molecule has 0 aromatic heterocycles. The van der Waals surface area contributed by atoms with Gasteiger partial charge in [0, 0.05) is 25.2 Å². The lowest BCUT2D eigenvalue weighted by Gasteiger charge is -2.29. The molecule has 1 aromatic rings. The van der Waals surface area contributed by atoms with Gasteiger partial charge in [-0.3, -0.25) is 10.1 Å². The van der Waals surface area contributed by atoms with Crippen molar-refractivity contribution in [3.05, 3.63) is 33.9 Å². The minimum atomic E-state index is -4.63. The predicted molar refractivity (Wildman–Crippen MR) is 67.1 cm³/mol. The quantitative estimate of drug-likeness (QED) is 0.684. The van der Waals surface area contributed by atoms with Crippen LogP contribution in [-0.2, 0) is 6.18 Å². The zero-order chi connectivity index (χ0) is 14.8. The molecule has 5 nitrogen and oxygen atoms in total. The number of benzene rings is 1. The number of rotatable bonds is 3. The first-order chi connectivity index (χ1) is 9.38. The minimum Gasteiger partial charge on any atom is -0.318 e. The second-order valence-corrected chi connectivity index (χ2v) is 4.64. The lowest BCUT2D eigenvalue weighted by Crippen LogP contribution is -2.35. The molecule has 1 saturated heterocycles. The molecule has 1 heterocycles. The molecule has 0 radical (unpaired) electrons. The molecule has 2 rings (SSSR count). The summed E-state index contributed by atoms with van der Waals surface area (Å²) in [6.07, 6.45) is -1.74. The van der Waals surface area contributed by atoms with E-state index in [-0.39, 0.29) is 5.69 Å². The average Bonchev–Trinajstić information content (AvgIpc) is 2.39. The molecule has 1 fully saturated rings. The molecule has 1 N–H and O–H groups in total. The summed E-state index contributed by atoms with van der Waals surface area (Å²) in [7, 11) is 0. The number of nitro groups is 1. The zero-order valence-electron chi connectivity index (χ0n) is 10.6. The summed E-state index contributed by atoms with van der Waals surface area (Å²) in [5.41, 5.74) is 0.980. The van der Waals surface area contributed by atoms with Crippen LogP contribution in [0.25, 0.3) is 0 Å². The van der Waals surface area contributed by atoms with Crippen LogP contribution >= 0.6 is 0 Å². The van der Waals surface area contributed by atoms with Gasteiger partial charge in [-0.15, -0.1) is 0 Å². The Bertz CT molecular complexity index is 499. The van der Waals surface area contributed by atoms with E-state index in [0.29, 0.717) is 19.2 Å². The van der Waals surface area contributed by atoms with E-state index in [1.165, 1.54) is 0 Å². The molecule has 1 aromatic carbocycles. The molecule has 0 amide bonds. The van der Waals surface area contributed by atoms with Crippen LogP contribution in [0.15, 0.2) is 18.2 Å². The van der Waals surface area contributed by atoms with E-state index in [4.69, 9.17) is 0 Å². The van der Waals surface area contributed by atoms with Crippen LogP contribution < -0.4 is 5.43 Å². The standard InChI is InChI=1S/C12H14F3N3O2/c13-12(14,15)10-8-9(18(19)20)4-5-11(10)16-17-6-2-1-3-7-17/h4-5,8,16H,1-3,6-7H2. The van der Waals surface area contributed by atoms with Gasteiger partial charge in [0.1, 0.15) is 0 Å². The number of hydrogen-bond acceptors (Lipinski definition) is 4. The second-order valence-electron chi connectivity index (χ2n) is 4.64. The summed E-state index contributed by atoms with van der Waals surface area (Å²) in [6.45, 7) is 1.32. The molecule has 20 heavy (non-hydrogen) atoms. The fraction of sp³-hybridized carbons (Fsp3) is 0.500. The maximum absolute atomic E-state index is 13.0. The highest BCUT2D eigenvalue weighted by atomic mass is 19.4. The number of nitro benzene ring substituents is 1. The molecule has 0 unspecified atom stereocenters. The third-order valence-electron chi connectivity index (χ3n) is 3.15. The van der Waals surface area contributed by atoms with Gasteiger partial charge in [0.2, 0.25) is 0 Å². The van der Waals surface area contributed by atoms with E-state index in [9.17, 15) is 23.3 Å². The lowest BCUT2D eigenvalue weighted by atomic mass is 10.1. The van der Waals surface area contributed by atoms with E-state index in [1.54, 1.807) is 5.01 Å². The molecule has 8 heteroatoms. The molecule has 0 bridgehead atoms. The highest BCUT2D eigenvalue weighted by molar-refractivity contribution is 5.56. The number of non-ortho nitro benzene ring substituents is 1. The SMILES string of the molecule is O=[N+]([O-])c1ccc(NN2CCCCC2)c(C(F)(F)F)c1. The average molecular weight is 289 g/mol. The number of anilines is 1. The number of nitrogens with zero attached hydrogens (tertiary/aromatic N) is 2. The first kappa shape index (κ1) is 14.6. The Morgan fingerprint density at radius 1 is 1.20 bits per heavy atom. The number of piperidine rings is 1. The van der Waals surface area contributed by atoms with E-state index in [0.717, 1.165) is 31.4 Å². The van der Waals surface area contributed by atoms with Crippen LogP contribution in [-0.4, -0.2) is 23.0 Å². The van der Waals surface area contributed by atoms with Crippen molar-refractivity contribution in [3.8, 4) is 0 Å². The van der Waals surface area contributed by atoms with Gasteiger partial charge >= 0.3 is 6.18 Å². The number of hydrogen-bond donors (Lipinski definition) is 1. The van der Waals surface area contributed by atoms with Crippen LogP contribution in [0.4, 0.5) is 24.5 Å². The molecule has 1 aliphatic rings. The van der Waals surface area contributed by atoms with Crippen LogP contribution in [0.1, 0.15) is 24.8 Å². The van der Waals surface area contributed by atoms with Crippen molar-refractivity contribution >= 4 is 11.4 Å². The fourth-order valence-corrected chi connectivity index (χ4v) is 2.15. The number of nitrogens with one attached hydrogen (secondary N) is 1. The summed E-state index contributed by atoms with van der Waals surface area (Å²) in [5, 5.41) is 12.3. The number of hydrazine groups is 1. The van der Waals surface area contributed by atoms with Crippen molar-refractivity contribution in [1.82, 2.24) is 5.01 Å². The Morgan fingerprint density at radius 2 is 1.85 bits per heavy atom. The molecule has 110 valence electrons. The zero-order valence-corrected chi connectivity index (χ0v) is 10.6. The Balaban J connectivity index is 2.28. The van der Waals surface area contributed by atoms with Gasteiger partial charge in [0.05, 0.1) is 16.2 Å². The largest absolute Gasteiger partial charge is 0.418 e. The van der Waals surface area contributed by atoms with Gasteiger partial charge in [0.15, 0.2) is 0 Å². The van der Waals surface area contributed by atoms with Crippen LogP contribution in [0.2, 0.25) is 0 Å². The van der Waals surface area contributed by atoms with Crippen LogP contribution in [0.5, 0.6) is 0 Å². The highest BCUT2D eigenvalue weighted by Crippen LogP contribution is 2.37. The van der Waals surface area contributed by atoms with Crippen molar-refractivity contribution in [2.75, 3.05) is 18.5 Å². The maximum Gasteiger partial charge on any atom is 0.418 e. The topological polar surface area (TPSA) is 58.4 Å². The Morgan fingerprint density at radius 3 is 2.40 bits per heavy atom. The molecule has 0 saturated carbocycles. The Labute approximate surface area is 113 Å². The van der Waals surface area contributed by atoms with Crippen molar-refractivity contribution in [2.45, 2.75) is 25.4 Å². The van der Waals surface area contributed by atoms with Gasteiger partial charge in [-0.2, -0.15) is 13.2 Å². The summed E-state index contributed by atoms with van der Waals surface area (Å²) in [6, 6.07) is 2.74. The third kappa shape index (κ3) is 3.38. The van der Waals surface area contributed by atoms with Crippen molar-refractivity contribution in [2.24, 2.45) is 0 Å². The smallest absolute Gasteiger partial charge is 0.318 e. The van der Waals surface area contributed by atoms with Gasteiger partial charge in [-0.05, 0) is 18.9 Å². The van der Waals surface area contributed by atoms with Crippen LogP contribution in [0.3, 0.4) is 0 Å². The summed E-state index contributed by atoms with van der Waals surface area (Å²) in [4.78, 5) is 9.76. The normalized spacial score (nSPS) is 16.9. The van der Waals surface area contributed by atoms with Gasteiger partial charge in [-0.1, -0.05) is 6.42 Å². The van der Waals surface area contributed by atoms with E-state index in [2.05, 4.69) is 5.43 Å². The monoisotopic (exact) mass is 289 g/mol. The Hall–Kier alpha value is -1.83. The summed E-state index contributed by atoms with van der Waals surface area (Å²) < 4.78 is 38.9. The van der Waals surface area contributed by atoms with Crippen molar-refractivity contribution < 1.29 is 18.1 Å². The lowest BCUT2D eigenvalue weighted by molar-refractivity contribution is -0.385. The first-order valence-electron chi connectivity index (χ1n) is 6.25. The van der Waals surface area contributed by atoms with E-state index in [1.807, 2.05) is 0 Å². The second kappa shape index (κ2) is 5.66. The number of alkyl halides is 3. The fourth-order valence-electron chi connectivity index (χ4n) is 2.15. The molecular formula is C12H14F3N3O2. The third-order valence-corrected chi connectivity index (χ3v) is 3.15. The molecule has 0 spiro atoms. The van der Waals surface area contributed by atoms with Gasteiger partial charge in [0.25, 0.3) is 5.69 Å². The highest BCUT2D eigenvalue weighted by Gasteiger charge is 2.35. The summed E-state index contributed by atoms with van der Waals surface area (Å²) >= 11 is 0. The molecular weight excluding hydrogens is 275 g/mol. The first-order valence-corrected chi connectivity index (χ1v) is 6.25. The minimum absolute atomic E-state index is 0.148. The molecule has 0 atom stereocenters. The maximum atomic E-state index is 13.0. The molecule has 1 aliphatic heterocycles. The van der Waals surface area contributed by atoms with Gasteiger partial charge < -0.3 is 5.43 Å². The van der Waals surface area contributed by atoms with Crippen molar-refractivity contribution in [1.29, 1.82) is 0 Å². The van der Waals surface area contributed by atoms with Crippen LogP contribution in [0, 0.1) is 10.1 Å².